The number of hydrogen-bond donors (Lipinski definition) is 0. The van der Waals surface area contributed by atoms with Gasteiger partial charge in [0.2, 0.25) is 0 Å². The molecule has 8 heteroatoms. The highest BCUT2D eigenvalue weighted by Gasteiger charge is 2.72. The van der Waals surface area contributed by atoms with Crippen LogP contribution < -0.4 is 0 Å². The summed E-state index contributed by atoms with van der Waals surface area (Å²) in [7, 11) is 1.35. The van der Waals surface area contributed by atoms with E-state index in [1.165, 1.54) is 7.11 Å². The summed E-state index contributed by atoms with van der Waals surface area (Å²) in [5, 5.41) is 0. The lowest BCUT2D eigenvalue weighted by atomic mass is 9.45. The number of cyclic esters (lactones) is 2. The average molecular weight is 487 g/mol. The minimum Gasteiger partial charge on any atom is -0.472 e. The highest BCUT2D eigenvalue weighted by Crippen LogP contribution is 2.70. The van der Waals surface area contributed by atoms with Crippen LogP contribution in [0.15, 0.2) is 35.2 Å². The van der Waals surface area contributed by atoms with Crippen LogP contribution in [0, 0.1) is 22.7 Å². The van der Waals surface area contributed by atoms with E-state index in [9.17, 15) is 14.4 Å². The Hall–Kier alpha value is -2.61. The topological polar surface area (TPSA) is 101 Å². The monoisotopic (exact) mass is 486 g/mol. The maximum atomic E-state index is 13.0. The summed E-state index contributed by atoms with van der Waals surface area (Å²) in [6, 6.07) is 1.81. The number of hydrogen-bond acceptors (Lipinski definition) is 8. The number of fused-ring (bicyclic) bond motifs is 1. The molecule has 0 radical (unpaired) electrons. The van der Waals surface area contributed by atoms with Gasteiger partial charge in [0.05, 0.1) is 45.0 Å². The van der Waals surface area contributed by atoms with Gasteiger partial charge < -0.3 is 23.4 Å². The van der Waals surface area contributed by atoms with E-state index >= 15 is 0 Å². The lowest BCUT2D eigenvalue weighted by molar-refractivity contribution is -0.293. The van der Waals surface area contributed by atoms with Gasteiger partial charge in [0.15, 0.2) is 0 Å². The number of furan rings is 1. The van der Waals surface area contributed by atoms with Crippen molar-refractivity contribution in [2.45, 2.75) is 83.2 Å². The molecular formula is C27H34O8. The lowest BCUT2D eigenvalue weighted by Crippen LogP contribution is -2.71. The van der Waals surface area contributed by atoms with Crippen molar-refractivity contribution in [3.8, 4) is 0 Å². The first-order chi connectivity index (χ1) is 16.4. The van der Waals surface area contributed by atoms with Crippen molar-refractivity contribution < 1.29 is 37.7 Å². The van der Waals surface area contributed by atoms with Crippen LogP contribution in [0.5, 0.6) is 0 Å². The summed E-state index contributed by atoms with van der Waals surface area (Å²) in [6.07, 6.45) is 3.69. The van der Waals surface area contributed by atoms with Crippen LogP contribution in [-0.2, 0) is 33.3 Å². The molecule has 4 aliphatic rings. The van der Waals surface area contributed by atoms with Crippen molar-refractivity contribution in [1.82, 2.24) is 0 Å². The second-order valence-corrected chi connectivity index (χ2v) is 11.6. The highest BCUT2D eigenvalue weighted by atomic mass is 16.6. The van der Waals surface area contributed by atoms with E-state index in [1.807, 2.05) is 13.8 Å². The van der Waals surface area contributed by atoms with Gasteiger partial charge >= 0.3 is 17.9 Å². The Balaban J connectivity index is 1.65. The number of carbonyl (C=O) groups excluding carboxylic acids is 3. The zero-order valence-corrected chi connectivity index (χ0v) is 21.1. The van der Waals surface area contributed by atoms with Crippen LogP contribution in [0.1, 0.15) is 71.5 Å². The Kier molecular flexibility index (Phi) is 5.30. The van der Waals surface area contributed by atoms with Crippen molar-refractivity contribution in [3.05, 3.63) is 36.3 Å². The van der Waals surface area contributed by atoms with E-state index in [0.29, 0.717) is 6.42 Å². The molecule has 2 bridgehead atoms. The minimum absolute atomic E-state index is 0.000799. The van der Waals surface area contributed by atoms with Crippen LogP contribution in [0.2, 0.25) is 0 Å². The predicted molar refractivity (Wildman–Crippen MR) is 123 cm³/mol. The maximum absolute atomic E-state index is 13.0. The Morgan fingerprint density at radius 2 is 1.94 bits per heavy atom. The number of esters is 3. The van der Waals surface area contributed by atoms with E-state index in [4.69, 9.17) is 23.4 Å². The van der Waals surface area contributed by atoms with Crippen LogP contribution >= 0.6 is 0 Å². The standard InChI is InChI=1S/C27H34O8/c1-15-17-7-9-25(4)23(16-8-10-32-14-16)33-22(30)13-27(15,25)34-19(12-20(28)31-6)26(17,5)18-11-21(29)35-24(18,2)3/h8,10,14,17-19,23H,1,7,9,11-13H2,2-6H3/t17-,18-,19-,23-,25-,26+,27-/m0/s1. The summed E-state index contributed by atoms with van der Waals surface area (Å²) < 4.78 is 29.0. The van der Waals surface area contributed by atoms with Crippen molar-refractivity contribution in [1.29, 1.82) is 0 Å². The highest BCUT2D eigenvalue weighted by molar-refractivity contribution is 5.75. The molecule has 7 atom stereocenters. The third-order valence-corrected chi connectivity index (χ3v) is 9.59. The van der Waals surface area contributed by atoms with E-state index < -0.39 is 40.2 Å². The van der Waals surface area contributed by atoms with Gasteiger partial charge in [0.25, 0.3) is 0 Å². The van der Waals surface area contributed by atoms with Crippen molar-refractivity contribution in [2.75, 3.05) is 7.11 Å². The average Bonchev–Trinajstić information content (AvgIpc) is 3.40. The first-order valence-corrected chi connectivity index (χ1v) is 12.3. The van der Waals surface area contributed by atoms with Crippen LogP contribution in [0.3, 0.4) is 0 Å². The molecule has 5 rings (SSSR count). The van der Waals surface area contributed by atoms with Gasteiger partial charge in [0, 0.05) is 22.3 Å². The van der Waals surface area contributed by atoms with Crippen LogP contribution in [-0.4, -0.2) is 42.3 Å². The molecule has 35 heavy (non-hydrogen) atoms. The molecule has 0 unspecified atom stereocenters. The molecule has 3 aliphatic heterocycles. The summed E-state index contributed by atoms with van der Waals surface area (Å²) in [4.78, 5) is 38.1. The Bertz CT molecular complexity index is 1070. The molecular weight excluding hydrogens is 452 g/mol. The smallest absolute Gasteiger partial charge is 0.309 e. The Morgan fingerprint density at radius 1 is 1.20 bits per heavy atom. The maximum Gasteiger partial charge on any atom is 0.309 e. The molecule has 0 amide bonds. The lowest BCUT2D eigenvalue weighted by Gasteiger charge is -2.68. The number of carbonyl (C=O) groups is 3. The molecule has 8 nitrogen and oxygen atoms in total. The van der Waals surface area contributed by atoms with E-state index in [-0.39, 0.29) is 43.0 Å². The number of methoxy groups -OCH3 is 1. The zero-order chi connectivity index (χ0) is 25.4. The second-order valence-electron chi connectivity index (χ2n) is 11.6. The molecule has 1 aromatic heterocycles. The molecule has 4 fully saturated rings. The number of ether oxygens (including phenoxy) is 4. The van der Waals surface area contributed by atoms with Crippen molar-refractivity contribution in [2.24, 2.45) is 22.7 Å². The van der Waals surface area contributed by atoms with Crippen molar-refractivity contribution in [3.63, 3.8) is 0 Å². The van der Waals surface area contributed by atoms with Crippen LogP contribution in [0.4, 0.5) is 0 Å². The van der Waals surface area contributed by atoms with Gasteiger partial charge in [0.1, 0.15) is 17.3 Å². The molecule has 1 saturated carbocycles. The molecule has 1 aromatic rings. The SMILES string of the molecule is C=C1[C@@H]2CC[C@@]3(C)[C@H](c4ccoc4)OC(=O)C[C@]13O[C@@H](CC(=O)OC)[C@@]2(C)[C@H]1CC(=O)OC1(C)C. The predicted octanol–water partition coefficient (Wildman–Crippen LogP) is 4.29. The minimum atomic E-state index is -1.03. The summed E-state index contributed by atoms with van der Waals surface area (Å²) >= 11 is 0. The fourth-order valence-corrected chi connectivity index (χ4v) is 7.78. The quantitative estimate of drug-likeness (QED) is 0.353. The van der Waals surface area contributed by atoms with E-state index in [2.05, 4.69) is 20.4 Å². The van der Waals surface area contributed by atoms with Gasteiger partial charge in [-0.15, -0.1) is 0 Å². The summed E-state index contributed by atoms with van der Waals surface area (Å²) in [5.74, 6) is -1.34. The molecule has 0 N–H and O–H groups in total. The molecule has 190 valence electrons. The normalized spacial score (nSPS) is 42.1. The largest absolute Gasteiger partial charge is 0.472 e. The van der Waals surface area contributed by atoms with E-state index in [1.54, 1.807) is 18.6 Å². The third kappa shape index (κ3) is 3.18. The Labute approximate surface area is 205 Å². The summed E-state index contributed by atoms with van der Waals surface area (Å²) in [5.41, 5.74) is -1.43. The summed E-state index contributed by atoms with van der Waals surface area (Å²) in [6.45, 7) is 12.5. The fraction of sp³-hybridized carbons (Fsp3) is 0.667. The van der Waals surface area contributed by atoms with Crippen LogP contribution in [0.25, 0.3) is 0 Å². The molecule has 1 aliphatic carbocycles. The molecule has 0 aromatic carbocycles. The molecule has 1 spiro atoms. The van der Waals surface area contributed by atoms with Gasteiger partial charge in [-0.2, -0.15) is 0 Å². The first kappa shape index (κ1) is 24.1. The van der Waals surface area contributed by atoms with E-state index in [0.717, 1.165) is 17.6 Å². The van der Waals surface area contributed by atoms with Gasteiger partial charge in [-0.3, -0.25) is 14.4 Å². The second kappa shape index (κ2) is 7.69. The third-order valence-electron chi connectivity index (χ3n) is 9.59. The Morgan fingerprint density at radius 3 is 2.54 bits per heavy atom. The number of rotatable bonds is 4. The zero-order valence-electron chi connectivity index (χ0n) is 21.1. The van der Waals surface area contributed by atoms with Crippen molar-refractivity contribution >= 4 is 17.9 Å². The van der Waals surface area contributed by atoms with Gasteiger partial charge in [-0.25, -0.2) is 0 Å². The molecule has 3 saturated heterocycles. The van der Waals surface area contributed by atoms with Gasteiger partial charge in [-0.1, -0.05) is 20.4 Å². The fourth-order valence-electron chi connectivity index (χ4n) is 7.78. The first-order valence-electron chi connectivity index (χ1n) is 12.3. The molecule has 4 heterocycles. The van der Waals surface area contributed by atoms with Gasteiger partial charge in [-0.05, 0) is 44.2 Å².